The Morgan fingerprint density at radius 1 is 1.53 bits per heavy atom. The highest BCUT2D eigenvalue weighted by Crippen LogP contribution is 2.32. The minimum Gasteiger partial charge on any atom is -0.316 e. The topological polar surface area (TPSA) is 42.7 Å². The van der Waals surface area contributed by atoms with Gasteiger partial charge in [-0.15, -0.1) is 0 Å². The molecule has 2 heterocycles. The van der Waals surface area contributed by atoms with Crippen LogP contribution in [0.15, 0.2) is 0 Å². The summed E-state index contributed by atoms with van der Waals surface area (Å²) in [5.74, 6) is 2.03. The van der Waals surface area contributed by atoms with E-state index < -0.39 is 0 Å². The summed E-state index contributed by atoms with van der Waals surface area (Å²) in [7, 11) is 2.00. The molecule has 1 atom stereocenters. The van der Waals surface area contributed by atoms with Gasteiger partial charge < -0.3 is 5.32 Å². The lowest BCUT2D eigenvalue weighted by Gasteiger charge is -2.35. The van der Waals surface area contributed by atoms with Gasteiger partial charge in [0.1, 0.15) is 11.6 Å². The van der Waals surface area contributed by atoms with Gasteiger partial charge in [-0.1, -0.05) is 6.92 Å². The van der Waals surface area contributed by atoms with Gasteiger partial charge in [0.15, 0.2) is 0 Å². The smallest absolute Gasteiger partial charge is 0.147 e. The molecule has 4 heteroatoms. The number of nitrogens with zero attached hydrogens (tertiary/aromatic N) is 3. The number of aryl methyl sites for hydroxylation is 2. The summed E-state index contributed by atoms with van der Waals surface area (Å²) in [6.45, 7) is 6.38. The van der Waals surface area contributed by atoms with E-state index in [1.54, 1.807) is 0 Å². The summed E-state index contributed by atoms with van der Waals surface area (Å²) in [6.07, 6.45) is 3.59. The van der Waals surface area contributed by atoms with Gasteiger partial charge in [-0.3, -0.25) is 4.68 Å². The van der Waals surface area contributed by atoms with Gasteiger partial charge in [-0.25, -0.2) is 4.98 Å². The summed E-state index contributed by atoms with van der Waals surface area (Å²) in [6, 6.07) is 0. The molecule has 0 aromatic carbocycles. The summed E-state index contributed by atoms with van der Waals surface area (Å²) < 4.78 is 1.95. The minimum absolute atomic E-state index is 0.203. The third-order valence-corrected chi connectivity index (χ3v) is 3.49. The van der Waals surface area contributed by atoms with Crippen LogP contribution in [0, 0.1) is 6.92 Å². The van der Waals surface area contributed by atoms with E-state index in [1.165, 1.54) is 12.8 Å². The number of piperidine rings is 1. The van der Waals surface area contributed by atoms with Crippen LogP contribution in [0.3, 0.4) is 0 Å². The van der Waals surface area contributed by atoms with Gasteiger partial charge in [0.05, 0.1) is 0 Å². The first-order chi connectivity index (χ1) is 7.18. The number of nitrogens with one attached hydrogen (secondary N) is 1. The first-order valence-corrected chi connectivity index (χ1v) is 5.77. The van der Waals surface area contributed by atoms with Gasteiger partial charge in [-0.2, -0.15) is 5.10 Å². The summed E-state index contributed by atoms with van der Waals surface area (Å²) in [4.78, 5) is 4.59. The Morgan fingerprint density at radius 2 is 2.33 bits per heavy atom. The van der Waals surface area contributed by atoms with Crippen LogP contribution < -0.4 is 5.32 Å². The Hall–Kier alpha value is -0.900. The van der Waals surface area contributed by atoms with E-state index in [1.807, 2.05) is 18.7 Å². The number of hydrogen-bond acceptors (Lipinski definition) is 3. The van der Waals surface area contributed by atoms with E-state index in [0.717, 1.165) is 31.2 Å². The molecule has 1 aromatic rings. The molecular formula is C11H20N4. The molecule has 0 amide bonds. The van der Waals surface area contributed by atoms with Crippen LogP contribution in [0.5, 0.6) is 0 Å². The fourth-order valence-corrected chi connectivity index (χ4v) is 2.59. The maximum atomic E-state index is 4.59. The Bertz CT molecular complexity index is 336. The summed E-state index contributed by atoms with van der Waals surface area (Å²) in [5.41, 5.74) is 0.203. The quantitative estimate of drug-likeness (QED) is 0.793. The third kappa shape index (κ3) is 1.78. The normalized spacial score (nSPS) is 26.9. The van der Waals surface area contributed by atoms with E-state index in [2.05, 4.69) is 22.3 Å². The van der Waals surface area contributed by atoms with E-state index in [0.29, 0.717) is 0 Å². The molecule has 0 spiro atoms. The average molecular weight is 208 g/mol. The van der Waals surface area contributed by atoms with Gasteiger partial charge in [-0.05, 0) is 32.7 Å². The summed E-state index contributed by atoms with van der Waals surface area (Å²) in [5, 5.41) is 7.84. The maximum absolute atomic E-state index is 4.59. The predicted octanol–water partition coefficient (Wildman–Crippen LogP) is 1.15. The van der Waals surface area contributed by atoms with Gasteiger partial charge in [0.25, 0.3) is 0 Å². The molecule has 2 rings (SSSR count). The van der Waals surface area contributed by atoms with Crippen molar-refractivity contribution in [3.63, 3.8) is 0 Å². The average Bonchev–Trinajstić information content (AvgIpc) is 2.59. The zero-order chi connectivity index (χ0) is 10.9. The van der Waals surface area contributed by atoms with Crippen molar-refractivity contribution < 1.29 is 0 Å². The molecule has 1 N–H and O–H groups in total. The molecule has 1 unspecified atom stereocenters. The van der Waals surface area contributed by atoms with Crippen molar-refractivity contribution >= 4 is 0 Å². The van der Waals surface area contributed by atoms with Crippen LogP contribution in [-0.4, -0.2) is 27.9 Å². The molecule has 0 bridgehead atoms. The largest absolute Gasteiger partial charge is 0.316 e. The fraction of sp³-hybridized carbons (Fsp3) is 0.818. The van der Waals surface area contributed by atoms with Crippen molar-refractivity contribution in [3.8, 4) is 0 Å². The van der Waals surface area contributed by atoms with Crippen molar-refractivity contribution in [2.45, 2.75) is 38.5 Å². The van der Waals surface area contributed by atoms with Crippen LogP contribution >= 0.6 is 0 Å². The van der Waals surface area contributed by atoms with Crippen molar-refractivity contribution in [2.75, 3.05) is 13.1 Å². The van der Waals surface area contributed by atoms with Crippen molar-refractivity contribution in [1.29, 1.82) is 0 Å². The van der Waals surface area contributed by atoms with Crippen LogP contribution in [-0.2, 0) is 12.5 Å². The SMILES string of the molecule is CCC1(c2nc(C)nn2C)CCCNC1. The Morgan fingerprint density at radius 3 is 2.80 bits per heavy atom. The molecule has 0 radical (unpaired) electrons. The second kappa shape index (κ2) is 3.93. The van der Waals surface area contributed by atoms with Crippen LogP contribution in [0.4, 0.5) is 0 Å². The van der Waals surface area contributed by atoms with Crippen molar-refractivity contribution in [1.82, 2.24) is 20.1 Å². The van der Waals surface area contributed by atoms with E-state index >= 15 is 0 Å². The molecule has 1 aliphatic heterocycles. The zero-order valence-electron chi connectivity index (χ0n) is 9.88. The molecule has 84 valence electrons. The van der Waals surface area contributed by atoms with Crippen LogP contribution in [0.2, 0.25) is 0 Å². The van der Waals surface area contributed by atoms with E-state index in [9.17, 15) is 0 Å². The van der Waals surface area contributed by atoms with Crippen molar-refractivity contribution in [2.24, 2.45) is 7.05 Å². The Labute approximate surface area is 91.1 Å². The molecule has 0 saturated carbocycles. The Kier molecular flexibility index (Phi) is 2.78. The zero-order valence-corrected chi connectivity index (χ0v) is 9.88. The highest BCUT2D eigenvalue weighted by atomic mass is 15.3. The van der Waals surface area contributed by atoms with Gasteiger partial charge in [0.2, 0.25) is 0 Å². The second-order valence-corrected chi connectivity index (χ2v) is 4.52. The first-order valence-electron chi connectivity index (χ1n) is 5.77. The highest BCUT2D eigenvalue weighted by molar-refractivity contribution is 5.11. The number of aromatic nitrogens is 3. The lowest BCUT2D eigenvalue weighted by Crippen LogP contribution is -2.44. The highest BCUT2D eigenvalue weighted by Gasteiger charge is 2.36. The third-order valence-electron chi connectivity index (χ3n) is 3.49. The van der Waals surface area contributed by atoms with Gasteiger partial charge in [0, 0.05) is 19.0 Å². The van der Waals surface area contributed by atoms with E-state index in [-0.39, 0.29) is 5.41 Å². The monoisotopic (exact) mass is 208 g/mol. The Balaban J connectivity index is 2.36. The lowest BCUT2D eigenvalue weighted by atomic mass is 9.77. The van der Waals surface area contributed by atoms with Gasteiger partial charge >= 0.3 is 0 Å². The molecule has 0 aliphatic carbocycles. The number of hydrogen-bond donors (Lipinski definition) is 1. The molecule has 1 saturated heterocycles. The second-order valence-electron chi connectivity index (χ2n) is 4.52. The predicted molar refractivity (Wildman–Crippen MR) is 59.8 cm³/mol. The van der Waals surface area contributed by atoms with Crippen LogP contribution in [0.25, 0.3) is 0 Å². The summed E-state index contributed by atoms with van der Waals surface area (Å²) >= 11 is 0. The number of rotatable bonds is 2. The molecule has 1 aromatic heterocycles. The maximum Gasteiger partial charge on any atom is 0.147 e. The minimum atomic E-state index is 0.203. The van der Waals surface area contributed by atoms with Crippen molar-refractivity contribution in [3.05, 3.63) is 11.6 Å². The lowest BCUT2D eigenvalue weighted by molar-refractivity contribution is 0.279. The molecule has 15 heavy (non-hydrogen) atoms. The molecule has 1 fully saturated rings. The first kappa shape index (κ1) is 10.6. The molecule has 4 nitrogen and oxygen atoms in total. The van der Waals surface area contributed by atoms with E-state index in [4.69, 9.17) is 0 Å². The van der Waals surface area contributed by atoms with Crippen LogP contribution in [0.1, 0.15) is 37.8 Å². The molecule has 1 aliphatic rings. The standard InChI is InChI=1S/C11H20N4/c1-4-11(6-5-7-12-8-11)10-13-9(2)14-15(10)3/h12H,4-8H2,1-3H3. The molecular weight excluding hydrogens is 188 g/mol. The fourth-order valence-electron chi connectivity index (χ4n) is 2.59.